The second-order valence-electron chi connectivity index (χ2n) is 16.1. The highest BCUT2D eigenvalue weighted by Gasteiger charge is 2.65. The van der Waals surface area contributed by atoms with E-state index in [0.29, 0.717) is 0 Å². The molecule has 0 radical (unpaired) electrons. The van der Waals surface area contributed by atoms with Crippen LogP contribution < -0.4 is 0 Å². The van der Waals surface area contributed by atoms with Crippen LogP contribution in [0, 0.1) is 29.6 Å². The van der Waals surface area contributed by atoms with Gasteiger partial charge in [0.2, 0.25) is 12.1 Å². The van der Waals surface area contributed by atoms with Crippen molar-refractivity contribution in [3.63, 3.8) is 0 Å². The molecule has 0 aromatic rings. The van der Waals surface area contributed by atoms with Crippen LogP contribution >= 0.6 is 0 Å². The van der Waals surface area contributed by atoms with Gasteiger partial charge < -0.3 is 53.2 Å². The molecule has 3 N–H and O–H groups in total. The molecule has 0 aromatic heterocycles. The number of esters is 5. The van der Waals surface area contributed by atoms with Crippen LogP contribution in [0.2, 0.25) is 0 Å². The number of carbonyl (C=O) groups is 5. The Morgan fingerprint density at radius 1 is 0.660 bits per heavy atom. The van der Waals surface area contributed by atoms with Crippen molar-refractivity contribution in [2.45, 2.75) is 156 Å². The summed E-state index contributed by atoms with van der Waals surface area (Å²) >= 11 is 0. The van der Waals surface area contributed by atoms with E-state index in [-0.39, 0.29) is 61.7 Å². The van der Waals surface area contributed by atoms with Crippen LogP contribution in [0.3, 0.4) is 0 Å². The Morgan fingerprint density at radius 2 is 1.11 bits per heavy atom. The molecular formula is C37H62O16. The smallest absolute Gasteiger partial charge is 0.309 e. The number of aliphatic hydroxyl groups is 3. The topological polar surface area (TPSA) is 220 Å². The van der Waals surface area contributed by atoms with Crippen molar-refractivity contribution in [3.8, 4) is 0 Å². The zero-order valence-electron chi connectivity index (χ0n) is 32.9. The van der Waals surface area contributed by atoms with Gasteiger partial charge in [0.05, 0.1) is 13.0 Å². The molecule has 0 unspecified atom stereocenters. The molecule has 53 heavy (non-hydrogen) atoms. The molecule has 0 bridgehead atoms. The van der Waals surface area contributed by atoms with E-state index >= 15 is 0 Å². The number of ether oxygens (including phenoxy) is 8. The summed E-state index contributed by atoms with van der Waals surface area (Å²) in [6.45, 7) is 15.7. The largest absolute Gasteiger partial charge is 0.463 e. The van der Waals surface area contributed by atoms with E-state index in [1.165, 1.54) is 0 Å². The Morgan fingerprint density at radius 3 is 1.58 bits per heavy atom. The second-order valence-corrected chi connectivity index (χ2v) is 16.1. The minimum Gasteiger partial charge on any atom is -0.463 e. The Labute approximate surface area is 312 Å². The molecule has 306 valence electrons. The molecule has 2 aliphatic rings. The van der Waals surface area contributed by atoms with E-state index < -0.39 is 104 Å². The fourth-order valence-corrected chi connectivity index (χ4v) is 5.75. The van der Waals surface area contributed by atoms with E-state index in [4.69, 9.17) is 37.9 Å². The van der Waals surface area contributed by atoms with E-state index in [2.05, 4.69) is 0 Å². The summed E-state index contributed by atoms with van der Waals surface area (Å²) in [6.07, 6.45) is -11.0. The molecule has 0 aliphatic carbocycles. The van der Waals surface area contributed by atoms with Crippen LogP contribution in [0.4, 0.5) is 0 Å². The fraction of sp³-hybridized carbons (Fsp3) is 0.865. The molecule has 2 saturated heterocycles. The van der Waals surface area contributed by atoms with Crippen molar-refractivity contribution in [1.82, 2.24) is 0 Å². The second kappa shape index (κ2) is 20.7. The van der Waals surface area contributed by atoms with Gasteiger partial charge in [-0.05, 0) is 29.6 Å². The van der Waals surface area contributed by atoms with Crippen LogP contribution in [0.15, 0.2) is 0 Å². The highest BCUT2D eigenvalue weighted by atomic mass is 16.8. The summed E-state index contributed by atoms with van der Waals surface area (Å²) in [6, 6.07) is 0. The zero-order chi connectivity index (χ0) is 40.3. The van der Waals surface area contributed by atoms with E-state index in [9.17, 15) is 39.3 Å². The fourth-order valence-electron chi connectivity index (χ4n) is 5.75. The van der Waals surface area contributed by atoms with Crippen LogP contribution in [0.5, 0.6) is 0 Å². The lowest BCUT2D eigenvalue weighted by Crippen LogP contribution is -2.62. The van der Waals surface area contributed by atoms with Gasteiger partial charge in [0.1, 0.15) is 31.5 Å². The van der Waals surface area contributed by atoms with Crippen molar-refractivity contribution in [3.05, 3.63) is 0 Å². The normalized spacial score (nSPS) is 27.0. The van der Waals surface area contributed by atoms with E-state index in [1.54, 1.807) is 55.4 Å². The van der Waals surface area contributed by atoms with Gasteiger partial charge >= 0.3 is 29.8 Å². The lowest BCUT2D eigenvalue weighted by Gasteiger charge is -2.44. The maximum atomic E-state index is 13.4. The molecule has 2 fully saturated rings. The third kappa shape index (κ3) is 14.7. The number of carbonyl (C=O) groups excluding carboxylic acids is 5. The van der Waals surface area contributed by atoms with Gasteiger partial charge in [0.15, 0.2) is 12.2 Å². The summed E-state index contributed by atoms with van der Waals surface area (Å²) in [5.74, 6) is -8.95. The third-order valence-electron chi connectivity index (χ3n) is 8.08. The van der Waals surface area contributed by atoms with Crippen molar-refractivity contribution in [2.24, 2.45) is 29.6 Å². The van der Waals surface area contributed by atoms with Crippen LogP contribution in [-0.2, 0) is 61.9 Å². The summed E-state index contributed by atoms with van der Waals surface area (Å²) in [7, 11) is 0. The van der Waals surface area contributed by atoms with Gasteiger partial charge in [0.25, 0.3) is 5.79 Å². The Hall–Kier alpha value is -2.89. The molecule has 7 atom stereocenters. The van der Waals surface area contributed by atoms with Gasteiger partial charge in [-0.2, -0.15) is 0 Å². The predicted octanol–water partition coefficient (Wildman–Crippen LogP) is 2.94. The molecule has 0 spiro atoms. The van der Waals surface area contributed by atoms with E-state index in [1.807, 2.05) is 13.8 Å². The highest BCUT2D eigenvalue weighted by molar-refractivity contribution is 5.73. The lowest BCUT2D eigenvalue weighted by molar-refractivity contribution is -0.372. The first-order valence-electron chi connectivity index (χ1n) is 18.5. The Kier molecular flexibility index (Phi) is 18.1. The molecule has 0 amide bonds. The molecule has 16 heteroatoms. The Balaban J connectivity index is 2.76. The number of rotatable bonds is 20. The van der Waals surface area contributed by atoms with Crippen molar-refractivity contribution in [2.75, 3.05) is 19.8 Å². The molecule has 0 saturated carbocycles. The van der Waals surface area contributed by atoms with Crippen LogP contribution in [0.25, 0.3) is 0 Å². The van der Waals surface area contributed by atoms with Crippen LogP contribution in [0.1, 0.15) is 108 Å². The predicted molar refractivity (Wildman–Crippen MR) is 185 cm³/mol. The zero-order valence-corrected chi connectivity index (χ0v) is 32.9. The minimum absolute atomic E-state index is 0.0168. The molecule has 0 aromatic carbocycles. The van der Waals surface area contributed by atoms with Crippen LogP contribution in [-0.4, -0.2) is 113 Å². The number of hydrogen-bond donors (Lipinski definition) is 3. The number of hydrogen-bond acceptors (Lipinski definition) is 16. The van der Waals surface area contributed by atoms with Gasteiger partial charge in [-0.15, -0.1) is 0 Å². The van der Waals surface area contributed by atoms with Crippen molar-refractivity contribution >= 4 is 29.8 Å². The summed E-state index contributed by atoms with van der Waals surface area (Å²) in [4.78, 5) is 65.3. The minimum atomic E-state index is -2.33. The summed E-state index contributed by atoms with van der Waals surface area (Å²) in [5, 5.41) is 31.8. The molecule has 16 nitrogen and oxygen atoms in total. The maximum absolute atomic E-state index is 13.4. The Bertz CT molecular complexity index is 1190. The van der Waals surface area contributed by atoms with E-state index in [0.717, 1.165) is 0 Å². The monoisotopic (exact) mass is 762 g/mol. The third-order valence-corrected chi connectivity index (χ3v) is 8.08. The maximum Gasteiger partial charge on any atom is 0.309 e. The average Bonchev–Trinajstić information content (AvgIpc) is 3.28. The van der Waals surface area contributed by atoms with Crippen molar-refractivity contribution in [1.29, 1.82) is 0 Å². The molecule has 2 heterocycles. The standard InChI is InChI=1S/C37H62O16/c1-20(2)11-27(39)46-17-26-37(51-30(42)14-23(7)8,52-31(43)15-24(9)10)18-36(50-26,19-47-28(40)12-21(3)4)53-35-34(49-29(41)13-22(5)6)33(45)32(44)25(16-38)48-35/h20-26,32-35,38,44-45H,11-19H2,1-10H3/t25-,26-,32-,33+,34-,35-,36-/m1/s1. The summed E-state index contributed by atoms with van der Waals surface area (Å²) in [5.41, 5.74) is 0. The first-order chi connectivity index (χ1) is 24.6. The SMILES string of the molecule is CC(C)CC(=O)OC[C@H]1O[C@@](COC(=O)CC(C)C)(O[C@H]2O[C@H](CO)[C@@H](O)[C@H](O)[C@H]2OC(=O)CC(C)C)CC1(OC(=O)CC(C)C)OC(=O)CC(C)C. The molecular weight excluding hydrogens is 700 g/mol. The van der Waals surface area contributed by atoms with Crippen molar-refractivity contribution < 1.29 is 77.2 Å². The number of aliphatic hydroxyl groups excluding tert-OH is 3. The van der Waals surface area contributed by atoms with Gasteiger partial charge in [-0.25, -0.2) is 0 Å². The van der Waals surface area contributed by atoms with Gasteiger partial charge in [-0.3, -0.25) is 24.0 Å². The first-order valence-corrected chi connectivity index (χ1v) is 18.5. The summed E-state index contributed by atoms with van der Waals surface area (Å²) < 4.78 is 47.1. The average molecular weight is 763 g/mol. The van der Waals surface area contributed by atoms with Gasteiger partial charge in [-0.1, -0.05) is 69.2 Å². The van der Waals surface area contributed by atoms with Gasteiger partial charge in [0, 0.05) is 32.1 Å². The first kappa shape index (κ1) is 46.3. The highest BCUT2D eigenvalue weighted by Crippen LogP contribution is 2.46. The quantitative estimate of drug-likeness (QED) is 0.0922. The molecule has 2 aliphatic heterocycles. The lowest BCUT2D eigenvalue weighted by atomic mass is 9.98. The molecule has 2 rings (SSSR count).